The molecule has 0 saturated carbocycles. The molecule has 2 rings (SSSR count). The minimum atomic E-state index is -0.644. The monoisotopic (exact) mass is 443 g/mol. The van der Waals surface area contributed by atoms with Crippen molar-refractivity contribution < 1.29 is 23.9 Å². The van der Waals surface area contributed by atoms with Crippen molar-refractivity contribution in [3.05, 3.63) is 58.4 Å². The largest absolute Gasteiger partial charge is 0.459 e. The standard InChI is InChI=1S/C24H33N3O5/c1-14(2)31-22(29)19-15(3)20(26-16(19)4)21(28)25-13-18(17-11-9-8-10-12-17)27-23(30)32-24(5,6)7/h8-12,14,18,26H,13H2,1-7H3,(H,25,28)(H,27,30). The fourth-order valence-corrected chi connectivity index (χ4v) is 3.23. The number of H-pyrrole nitrogens is 1. The fraction of sp³-hybridized carbons (Fsp3) is 0.458. The van der Waals surface area contributed by atoms with Gasteiger partial charge in [0.05, 0.1) is 17.7 Å². The van der Waals surface area contributed by atoms with E-state index >= 15 is 0 Å². The number of hydrogen-bond acceptors (Lipinski definition) is 5. The van der Waals surface area contributed by atoms with Gasteiger partial charge in [0.1, 0.15) is 11.3 Å². The summed E-state index contributed by atoms with van der Waals surface area (Å²) in [5.74, 6) is -0.861. The number of benzene rings is 1. The van der Waals surface area contributed by atoms with Gasteiger partial charge in [-0.1, -0.05) is 30.3 Å². The Kier molecular flexibility index (Phi) is 8.08. The second-order valence-corrected chi connectivity index (χ2v) is 8.90. The average Bonchev–Trinajstić information content (AvgIpc) is 2.97. The Balaban J connectivity index is 2.16. The fourth-order valence-electron chi connectivity index (χ4n) is 3.23. The topological polar surface area (TPSA) is 110 Å². The summed E-state index contributed by atoms with van der Waals surface area (Å²) in [6.07, 6.45) is -0.842. The Morgan fingerprint density at radius 3 is 2.25 bits per heavy atom. The molecule has 0 radical (unpaired) electrons. The predicted molar refractivity (Wildman–Crippen MR) is 122 cm³/mol. The van der Waals surface area contributed by atoms with Crippen molar-refractivity contribution in [3.8, 4) is 0 Å². The van der Waals surface area contributed by atoms with Crippen molar-refractivity contribution in [2.24, 2.45) is 0 Å². The zero-order valence-corrected chi connectivity index (χ0v) is 19.8. The Bertz CT molecular complexity index is 958. The van der Waals surface area contributed by atoms with Crippen molar-refractivity contribution in [3.63, 3.8) is 0 Å². The number of rotatable bonds is 7. The Hall–Kier alpha value is -3.29. The maximum Gasteiger partial charge on any atom is 0.408 e. The number of alkyl carbamates (subject to hydrolysis) is 1. The second kappa shape index (κ2) is 10.3. The summed E-state index contributed by atoms with van der Waals surface area (Å²) in [5, 5.41) is 5.64. The van der Waals surface area contributed by atoms with Crippen molar-refractivity contribution in [1.29, 1.82) is 0 Å². The van der Waals surface area contributed by atoms with E-state index in [9.17, 15) is 14.4 Å². The van der Waals surface area contributed by atoms with Gasteiger partial charge in [-0.2, -0.15) is 0 Å². The Morgan fingerprint density at radius 1 is 1.06 bits per heavy atom. The van der Waals surface area contributed by atoms with Gasteiger partial charge in [0.25, 0.3) is 5.91 Å². The Morgan fingerprint density at radius 2 is 1.69 bits per heavy atom. The molecule has 1 aromatic heterocycles. The van der Waals surface area contributed by atoms with Crippen molar-refractivity contribution in [2.45, 2.75) is 66.2 Å². The molecule has 1 atom stereocenters. The van der Waals surface area contributed by atoms with E-state index in [1.165, 1.54) is 0 Å². The van der Waals surface area contributed by atoms with Crippen LogP contribution in [0.2, 0.25) is 0 Å². The van der Waals surface area contributed by atoms with E-state index in [0.29, 0.717) is 16.8 Å². The van der Waals surface area contributed by atoms with Crippen LogP contribution < -0.4 is 10.6 Å². The van der Waals surface area contributed by atoms with Crippen LogP contribution in [-0.2, 0) is 9.47 Å². The van der Waals surface area contributed by atoms with E-state index in [1.54, 1.807) is 48.5 Å². The lowest BCUT2D eigenvalue weighted by atomic mass is 10.1. The SMILES string of the molecule is Cc1[nH]c(C(=O)NCC(NC(=O)OC(C)(C)C)c2ccccc2)c(C)c1C(=O)OC(C)C. The molecule has 1 aromatic carbocycles. The van der Waals surface area contributed by atoms with E-state index in [0.717, 1.165) is 5.56 Å². The summed E-state index contributed by atoms with van der Waals surface area (Å²) in [5.41, 5.74) is 1.89. The van der Waals surface area contributed by atoms with Gasteiger partial charge >= 0.3 is 12.1 Å². The quantitative estimate of drug-likeness (QED) is 0.556. The average molecular weight is 444 g/mol. The molecule has 0 aliphatic heterocycles. The van der Waals surface area contributed by atoms with Gasteiger partial charge in [0.15, 0.2) is 0 Å². The van der Waals surface area contributed by atoms with Crippen molar-refractivity contribution in [2.75, 3.05) is 6.54 Å². The van der Waals surface area contributed by atoms with Crippen LogP contribution >= 0.6 is 0 Å². The number of amides is 2. The van der Waals surface area contributed by atoms with Crippen LogP contribution in [0, 0.1) is 13.8 Å². The highest BCUT2D eigenvalue weighted by Crippen LogP contribution is 2.20. The van der Waals surface area contributed by atoms with E-state index in [-0.39, 0.29) is 24.2 Å². The lowest BCUT2D eigenvalue weighted by Crippen LogP contribution is -2.40. The molecule has 0 aliphatic rings. The first kappa shape index (κ1) is 25.0. The minimum absolute atomic E-state index is 0.130. The molecule has 0 aliphatic carbocycles. The van der Waals surface area contributed by atoms with Crippen molar-refractivity contribution >= 4 is 18.0 Å². The number of carbonyl (C=O) groups is 3. The number of aromatic amines is 1. The Labute approximate surface area is 189 Å². The van der Waals surface area contributed by atoms with E-state index in [4.69, 9.17) is 9.47 Å². The predicted octanol–water partition coefficient (Wildman–Crippen LogP) is 4.19. The van der Waals surface area contributed by atoms with Gasteiger partial charge in [-0.3, -0.25) is 4.79 Å². The first-order valence-electron chi connectivity index (χ1n) is 10.6. The first-order valence-corrected chi connectivity index (χ1v) is 10.6. The normalized spacial score (nSPS) is 12.2. The van der Waals surface area contributed by atoms with E-state index in [2.05, 4.69) is 15.6 Å². The van der Waals surface area contributed by atoms with Crippen LogP contribution in [0.15, 0.2) is 30.3 Å². The molecular weight excluding hydrogens is 410 g/mol. The van der Waals surface area contributed by atoms with Crippen LogP contribution in [0.1, 0.15) is 78.3 Å². The maximum atomic E-state index is 12.9. The molecule has 0 bridgehead atoms. The smallest absolute Gasteiger partial charge is 0.408 e. The molecular formula is C24H33N3O5. The molecule has 1 heterocycles. The molecule has 1 unspecified atom stereocenters. The van der Waals surface area contributed by atoms with Gasteiger partial charge < -0.3 is 25.1 Å². The number of nitrogens with one attached hydrogen (secondary N) is 3. The molecule has 32 heavy (non-hydrogen) atoms. The molecule has 174 valence electrons. The minimum Gasteiger partial charge on any atom is -0.459 e. The molecule has 0 spiro atoms. The number of hydrogen-bond donors (Lipinski definition) is 3. The number of aryl methyl sites for hydroxylation is 1. The van der Waals surface area contributed by atoms with Crippen LogP contribution in [0.5, 0.6) is 0 Å². The van der Waals surface area contributed by atoms with Gasteiger partial charge in [-0.05, 0) is 59.6 Å². The first-order chi connectivity index (χ1) is 14.9. The van der Waals surface area contributed by atoms with Crippen LogP contribution in [0.4, 0.5) is 4.79 Å². The molecule has 2 amide bonds. The molecule has 2 aromatic rings. The van der Waals surface area contributed by atoms with E-state index < -0.39 is 23.7 Å². The molecule has 0 fully saturated rings. The summed E-state index contributed by atoms with van der Waals surface area (Å²) >= 11 is 0. The third-order valence-electron chi connectivity index (χ3n) is 4.57. The van der Waals surface area contributed by atoms with Crippen LogP contribution in [-0.4, -0.2) is 41.2 Å². The summed E-state index contributed by atoms with van der Waals surface area (Å²) in [7, 11) is 0. The zero-order valence-electron chi connectivity index (χ0n) is 19.8. The zero-order chi connectivity index (χ0) is 24.1. The van der Waals surface area contributed by atoms with Gasteiger partial charge in [-0.25, -0.2) is 9.59 Å². The third kappa shape index (κ3) is 6.87. The molecule has 8 heteroatoms. The number of aromatic nitrogens is 1. The summed E-state index contributed by atoms with van der Waals surface area (Å²) in [6, 6.07) is 8.79. The van der Waals surface area contributed by atoms with Crippen LogP contribution in [0.3, 0.4) is 0 Å². The second-order valence-electron chi connectivity index (χ2n) is 8.90. The third-order valence-corrected chi connectivity index (χ3v) is 4.57. The number of esters is 1. The number of ether oxygens (including phenoxy) is 2. The molecule has 0 saturated heterocycles. The highest BCUT2D eigenvalue weighted by molar-refractivity contribution is 6.00. The van der Waals surface area contributed by atoms with Gasteiger partial charge in [0, 0.05) is 12.2 Å². The van der Waals surface area contributed by atoms with Gasteiger partial charge in [0.2, 0.25) is 0 Å². The summed E-state index contributed by atoms with van der Waals surface area (Å²) in [4.78, 5) is 40.6. The van der Waals surface area contributed by atoms with E-state index in [1.807, 2.05) is 30.3 Å². The highest BCUT2D eigenvalue weighted by Gasteiger charge is 2.25. The summed E-state index contributed by atoms with van der Waals surface area (Å²) < 4.78 is 10.6. The molecule has 8 nitrogen and oxygen atoms in total. The molecule has 3 N–H and O–H groups in total. The number of carbonyl (C=O) groups excluding carboxylic acids is 3. The van der Waals surface area contributed by atoms with Crippen LogP contribution in [0.25, 0.3) is 0 Å². The highest BCUT2D eigenvalue weighted by atomic mass is 16.6. The van der Waals surface area contributed by atoms with Gasteiger partial charge in [-0.15, -0.1) is 0 Å². The lowest BCUT2D eigenvalue weighted by Gasteiger charge is -2.24. The van der Waals surface area contributed by atoms with Crippen molar-refractivity contribution in [1.82, 2.24) is 15.6 Å². The summed E-state index contributed by atoms with van der Waals surface area (Å²) in [6.45, 7) is 12.4. The lowest BCUT2D eigenvalue weighted by molar-refractivity contribution is 0.0375. The maximum absolute atomic E-state index is 12.9.